The van der Waals surface area contributed by atoms with Crippen LogP contribution in [0.1, 0.15) is 316 Å². The highest BCUT2D eigenvalue weighted by Crippen LogP contribution is 2.17. The SMILES string of the molecule is CCCCCCCCCCCCCCCCCC(=O)OCC(COC(=O)CCCCCCCCCCCCCCC)OC(=O)CCCCCCCCCCCCCCCCC. The number of carbonyl (C=O) groups excluding carboxylic acids is 3. The molecule has 0 saturated carbocycles. The third kappa shape index (κ3) is 49.3. The van der Waals surface area contributed by atoms with Crippen molar-refractivity contribution in [3.8, 4) is 0 Å². The molecule has 1 unspecified atom stereocenters. The third-order valence-electron chi connectivity index (χ3n) is 12.6. The van der Waals surface area contributed by atoms with Crippen LogP contribution in [0.25, 0.3) is 0 Å². The van der Waals surface area contributed by atoms with E-state index in [1.54, 1.807) is 0 Å². The molecule has 0 aromatic heterocycles. The first-order chi connectivity index (χ1) is 30.0. The van der Waals surface area contributed by atoms with Crippen LogP contribution < -0.4 is 0 Å². The number of unbranched alkanes of at least 4 members (excludes halogenated alkanes) is 40. The normalized spacial score (nSPS) is 11.9. The smallest absolute Gasteiger partial charge is 0.306 e. The summed E-state index contributed by atoms with van der Waals surface area (Å²) in [7, 11) is 0. The predicted octanol–water partition coefficient (Wildman–Crippen LogP) is 18.0. The fourth-order valence-corrected chi connectivity index (χ4v) is 8.45. The summed E-state index contributed by atoms with van der Waals surface area (Å²) in [5.74, 6) is -0.835. The van der Waals surface area contributed by atoms with Gasteiger partial charge in [0.25, 0.3) is 0 Å². The molecule has 0 saturated heterocycles. The zero-order valence-electron chi connectivity index (χ0n) is 41.5. The highest BCUT2D eigenvalue weighted by atomic mass is 16.6. The summed E-state index contributed by atoms with van der Waals surface area (Å²) in [4.78, 5) is 38.0. The Labute approximate surface area is 380 Å². The van der Waals surface area contributed by atoms with Crippen molar-refractivity contribution in [2.45, 2.75) is 322 Å². The highest BCUT2D eigenvalue weighted by Gasteiger charge is 2.19. The molecular weight excluding hydrogens is 757 g/mol. The monoisotopic (exact) mass is 863 g/mol. The second-order valence-corrected chi connectivity index (χ2v) is 18.9. The number of carbonyl (C=O) groups is 3. The van der Waals surface area contributed by atoms with E-state index in [1.165, 1.54) is 218 Å². The highest BCUT2D eigenvalue weighted by molar-refractivity contribution is 5.71. The van der Waals surface area contributed by atoms with Crippen molar-refractivity contribution in [3.05, 3.63) is 0 Å². The van der Waals surface area contributed by atoms with Gasteiger partial charge in [-0.1, -0.05) is 278 Å². The molecule has 0 aliphatic heterocycles. The Morgan fingerprint density at radius 2 is 0.443 bits per heavy atom. The van der Waals surface area contributed by atoms with Crippen LogP contribution in [0.3, 0.4) is 0 Å². The number of hydrogen-bond donors (Lipinski definition) is 0. The molecule has 0 bridgehead atoms. The molecule has 0 aromatic rings. The molecule has 0 aliphatic carbocycles. The predicted molar refractivity (Wildman–Crippen MR) is 261 cm³/mol. The van der Waals surface area contributed by atoms with Crippen LogP contribution in [-0.2, 0) is 28.6 Å². The molecule has 0 N–H and O–H groups in total. The average molecular weight is 863 g/mol. The molecule has 0 heterocycles. The second-order valence-electron chi connectivity index (χ2n) is 18.9. The molecule has 6 heteroatoms. The first-order valence-corrected chi connectivity index (χ1v) is 27.5. The largest absolute Gasteiger partial charge is 0.462 e. The maximum Gasteiger partial charge on any atom is 0.306 e. The van der Waals surface area contributed by atoms with Crippen LogP contribution in [-0.4, -0.2) is 37.2 Å². The van der Waals surface area contributed by atoms with E-state index in [9.17, 15) is 14.4 Å². The quantitative estimate of drug-likeness (QED) is 0.0344. The lowest BCUT2D eigenvalue weighted by molar-refractivity contribution is -0.167. The van der Waals surface area contributed by atoms with Gasteiger partial charge in [0.05, 0.1) is 0 Å². The van der Waals surface area contributed by atoms with Gasteiger partial charge < -0.3 is 14.2 Å². The van der Waals surface area contributed by atoms with Gasteiger partial charge in [0.2, 0.25) is 0 Å². The van der Waals surface area contributed by atoms with E-state index < -0.39 is 6.10 Å². The fourth-order valence-electron chi connectivity index (χ4n) is 8.45. The Kier molecular flexibility index (Phi) is 49.7. The minimum Gasteiger partial charge on any atom is -0.462 e. The summed E-state index contributed by atoms with van der Waals surface area (Å²) in [6.45, 7) is 6.70. The molecule has 0 rings (SSSR count). The zero-order chi connectivity index (χ0) is 44.4. The van der Waals surface area contributed by atoms with Gasteiger partial charge in [-0.05, 0) is 19.3 Å². The topological polar surface area (TPSA) is 78.9 Å². The van der Waals surface area contributed by atoms with E-state index in [0.717, 1.165) is 57.8 Å². The minimum absolute atomic E-state index is 0.0613. The van der Waals surface area contributed by atoms with Crippen LogP contribution in [0.5, 0.6) is 0 Å². The van der Waals surface area contributed by atoms with Gasteiger partial charge in [0.1, 0.15) is 13.2 Å². The number of ether oxygens (including phenoxy) is 3. The Balaban J connectivity index is 4.30. The van der Waals surface area contributed by atoms with Crippen molar-refractivity contribution in [2.75, 3.05) is 13.2 Å². The molecule has 1 atom stereocenters. The van der Waals surface area contributed by atoms with Gasteiger partial charge in [-0.25, -0.2) is 0 Å². The van der Waals surface area contributed by atoms with E-state index in [0.29, 0.717) is 19.3 Å². The van der Waals surface area contributed by atoms with E-state index in [-0.39, 0.29) is 31.1 Å². The molecule has 6 nitrogen and oxygen atoms in total. The summed E-state index contributed by atoms with van der Waals surface area (Å²) < 4.78 is 16.9. The van der Waals surface area contributed by atoms with Gasteiger partial charge in [-0.3, -0.25) is 14.4 Å². The Morgan fingerprint density at radius 1 is 0.262 bits per heavy atom. The molecule has 0 radical (unpaired) electrons. The Morgan fingerprint density at radius 3 is 0.656 bits per heavy atom. The summed E-state index contributed by atoms with van der Waals surface area (Å²) in [6.07, 6.45) is 55.1. The van der Waals surface area contributed by atoms with Crippen LogP contribution in [0, 0.1) is 0 Å². The first-order valence-electron chi connectivity index (χ1n) is 27.5. The molecule has 0 aliphatic rings. The van der Waals surface area contributed by atoms with Crippen molar-refractivity contribution < 1.29 is 28.6 Å². The van der Waals surface area contributed by atoms with Crippen LogP contribution in [0.15, 0.2) is 0 Å². The maximum atomic E-state index is 12.8. The van der Waals surface area contributed by atoms with Crippen LogP contribution in [0.4, 0.5) is 0 Å². The molecular formula is C55H106O6. The molecule has 0 spiro atoms. The average Bonchev–Trinajstić information content (AvgIpc) is 3.26. The van der Waals surface area contributed by atoms with Gasteiger partial charge >= 0.3 is 17.9 Å². The van der Waals surface area contributed by atoms with Crippen molar-refractivity contribution in [2.24, 2.45) is 0 Å². The van der Waals surface area contributed by atoms with Crippen LogP contribution >= 0.6 is 0 Å². The van der Waals surface area contributed by atoms with Gasteiger partial charge in [-0.2, -0.15) is 0 Å². The molecule has 0 fully saturated rings. The van der Waals surface area contributed by atoms with E-state index in [1.807, 2.05) is 0 Å². The van der Waals surface area contributed by atoms with E-state index in [2.05, 4.69) is 20.8 Å². The lowest BCUT2D eigenvalue weighted by Crippen LogP contribution is -2.30. The lowest BCUT2D eigenvalue weighted by atomic mass is 10.0. The third-order valence-corrected chi connectivity index (χ3v) is 12.6. The molecule has 0 amide bonds. The number of rotatable bonds is 51. The number of esters is 3. The fraction of sp³-hybridized carbons (Fsp3) is 0.945. The van der Waals surface area contributed by atoms with Crippen molar-refractivity contribution >= 4 is 17.9 Å². The lowest BCUT2D eigenvalue weighted by Gasteiger charge is -2.18. The summed E-state index contributed by atoms with van der Waals surface area (Å²) in [5.41, 5.74) is 0. The maximum absolute atomic E-state index is 12.8. The van der Waals surface area contributed by atoms with E-state index >= 15 is 0 Å². The van der Waals surface area contributed by atoms with Crippen molar-refractivity contribution in [3.63, 3.8) is 0 Å². The minimum atomic E-state index is -0.760. The van der Waals surface area contributed by atoms with Crippen molar-refractivity contribution in [1.29, 1.82) is 0 Å². The standard InChI is InChI=1S/C55H106O6/c1-4-7-10-13-16-19-22-25-27-30-33-36-39-42-45-48-54(57)60-51-52(50-59-53(56)47-44-41-38-35-32-29-24-21-18-15-12-9-6-3)61-55(58)49-46-43-40-37-34-31-28-26-23-20-17-14-11-8-5-2/h52H,4-51H2,1-3H3. The van der Waals surface area contributed by atoms with E-state index in [4.69, 9.17) is 14.2 Å². The summed E-state index contributed by atoms with van der Waals surface area (Å²) in [5, 5.41) is 0. The van der Waals surface area contributed by atoms with Crippen LogP contribution in [0.2, 0.25) is 0 Å². The van der Waals surface area contributed by atoms with Crippen molar-refractivity contribution in [1.82, 2.24) is 0 Å². The molecule has 362 valence electrons. The van der Waals surface area contributed by atoms with Gasteiger partial charge in [0.15, 0.2) is 6.10 Å². The summed E-state index contributed by atoms with van der Waals surface area (Å²) in [6, 6.07) is 0. The molecule has 61 heavy (non-hydrogen) atoms. The number of hydrogen-bond acceptors (Lipinski definition) is 6. The Bertz CT molecular complexity index is 905. The second kappa shape index (κ2) is 51.0. The van der Waals surface area contributed by atoms with Gasteiger partial charge in [0, 0.05) is 19.3 Å². The Hall–Kier alpha value is -1.59. The van der Waals surface area contributed by atoms with Gasteiger partial charge in [-0.15, -0.1) is 0 Å². The summed E-state index contributed by atoms with van der Waals surface area (Å²) >= 11 is 0. The molecule has 0 aromatic carbocycles. The first kappa shape index (κ1) is 59.4. The zero-order valence-corrected chi connectivity index (χ0v) is 41.5.